The van der Waals surface area contributed by atoms with E-state index in [0.29, 0.717) is 38.1 Å². The second-order valence-corrected chi connectivity index (χ2v) is 13.7. The Morgan fingerprint density at radius 1 is 1.07 bits per heavy atom. The first-order valence-corrected chi connectivity index (χ1v) is 17.2. The smallest absolute Gasteiger partial charge is 0.248 e. The van der Waals surface area contributed by atoms with Crippen molar-refractivity contribution in [3.8, 4) is 0 Å². The van der Waals surface area contributed by atoms with Gasteiger partial charge in [-0.15, -0.1) is 0 Å². The van der Waals surface area contributed by atoms with Crippen LogP contribution in [-0.4, -0.2) is 93.6 Å². The highest BCUT2D eigenvalue weighted by Crippen LogP contribution is 2.38. The molecule has 0 radical (unpaired) electrons. The Hall–Kier alpha value is -2.08. The van der Waals surface area contributed by atoms with Crippen LogP contribution in [0.4, 0.5) is 4.39 Å². The lowest BCUT2D eigenvalue weighted by molar-refractivity contribution is -0.144. The number of aryl methyl sites for hydroxylation is 1. The quantitative estimate of drug-likeness (QED) is 0.235. The summed E-state index contributed by atoms with van der Waals surface area (Å²) in [5.41, 5.74) is 0.729. The van der Waals surface area contributed by atoms with Crippen LogP contribution in [-0.2, 0) is 29.9 Å². The zero-order chi connectivity index (χ0) is 31.0. The van der Waals surface area contributed by atoms with Gasteiger partial charge in [0.25, 0.3) is 0 Å². The van der Waals surface area contributed by atoms with E-state index in [0.717, 1.165) is 44.5 Å². The van der Waals surface area contributed by atoms with Crippen molar-refractivity contribution < 1.29 is 27.1 Å². The van der Waals surface area contributed by atoms with E-state index in [-0.39, 0.29) is 47.4 Å². The third-order valence-electron chi connectivity index (χ3n) is 8.41. The molecule has 0 N–H and O–H groups in total. The molecule has 1 heterocycles. The Kier molecular flexibility index (Phi) is 12.0. The first-order chi connectivity index (χ1) is 20.6. The van der Waals surface area contributed by atoms with Crippen molar-refractivity contribution in [1.29, 1.82) is 0 Å². The van der Waals surface area contributed by atoms with E-state index < -0.39 is 15.6 Å². The van der Waals surface area contributed by atoms with Gasteiger partial charge in [0.05, 0.1) is 23.8 Å². The summed E-state index contributed by atoms with van der Waals surface area (Å²) in [7, 11) is -3.80. The molecule has 2 aliphatic rings. The van der Waals surface area contributed by atoms with Crippen LogP contribution in [0, 0.1) is 12.7 Å². The van der Waals surface area contributed by atoms with Gasteiger partial charge >= 0.3 is 0 Å². The minimum atomic E-state index is -3.80. The first-order valence-electron chi connectivity index (χ1n) is 15.4. The van der Waals surface area contributed by atoms with Gasteiger partial charge < -0.3 is 19.3 Å². The van der Waals surface area contributed by atoms with E-state index in [1.54, 1.807) is 36.1 Å². The lowest BCUT2D eigenvalue weighted by Crippen LogP contribution is -2.48. The molecule has 2 aromatic rings. The summed E-state index contributed by atoms with van der Waals surface area (Å²) in [6.45, 7) is 10.3. The van der Waals surface area contributed by atoms with Gasteiger partial charge in [0.1, 0.15) is 17.3 Å². The molecular weight excluding hydrogens is 593 g/mol. The van der Waals surface area contributed by atoms with E-state index in [9.17, 15) is 17.6 Å². The minimum absolute atomic E-state index is 0.0793. The van der Waals surface area contributed by atoms with Crippen LogP contribution < -0.4 is 0 Å². The average Bonchev–Trinajstić information content (AvgIpc) is 3.81. The third-order valence-corrected chi connectivity index (χ3v) is 11.0. The molecule has 0 bridgehead atoms. The maximum atomic E-state index is 14.2. The Morgan fingerprint density at radius 3 is 2.42 bits per heavy atom. The number of likely N-dealkylation sites (tertiary alicyclic amines) is 1. The summed E-state index contributed by atoms with van der Waals surface area (Å²) in [4.78, 5) is 17.3. The first kappa shape index (κ1) is 33.8. The SMILES string of the molecule is CCCN(CC)CCOC1(c2cccc(F)c2)CCN(C(=O)COCCN(C2CC2)S(=O)(=O)c2c(C)cccc2Cl)CC1. The van der Waals surface area contributed by atoms with Crippen molar-refractivity contribution >= 4 is 27.5 Å². The number of rotatable bonds is 16. The normalized spacial score (nSPS) is 17.1. The second-order valence-electron chi connectivity index (χ2n) is 11.5. The number of hydrogen-bond acceptors (Lipinski definition) is 6. The zero-order valence-electron chi connectivity index (χ0n) is 25.6. The molecule has 4 rings (SSSR count). The lowest BCUT2D eigenvalue weighted by Gasteiger charge is -2.42. The summed E-state index contributed by atoms with van der Waals surface area (Å²) >= 11 is 6.28. The molecule has 1 saturated carbocycles. The number of piperidine rings is 1. The summed E-state index contributed by atoms with van der Waals surface area (Å²) < 4.78 is 54.8. The van der Waals surface area contributed by atoms with Gasteiger partial charge in [0.2, 0.25) is 15.9 Å². The standard InChI is InChI=1S/C32H45ClFN3O5S/c1-4-16-35(5-2)19-22-42-32(26-9-7-10-27(34)23-26)14-17-36(18-15-32)30(38)24-41-21-20-37(28-12-13-28)43(39,40)31-25(3)8-6-11-29(31)33/h6-11,23,28H,4-5,12-22,24H2,1-3H3. The van der Waals surface area contributed by atoms with Crippen LogP contribution in [0.1, 0.15) is 57.1 Å². The fraction of sp³-hybridized carbons (Fsp3) is 0.594. The van der Waals surface area contributed by atoms with E-state index in [1.807, 2.05) is 6.07 Å². The second kappa shape index (κ2) is 15.3. The van der Waals surface area contributed by atoms with Crippen LogP contribution in [0.15, 0.2) is 47.4 Å². The maximum Gasteiger partial charge on any atom is 0.248 e. The topological polar surface area (TPSA) is 79.4 Å². The van der Waals surface area contributed by atoms with Crippen LogP contribution >= 0.6 is 11.6 Å². The molecule has 1 aliphatic carbocycles. The number of likely N-dealkylation sites (N-methyl/N-ethyl adjacent to an activating group) is 1. The summed E-state index contributed by atoms with van der Waals surface area (Å²) in [5, 5.41) is 0.203. The van der Waals surface area contributed by atoms with Crippen LogP contribution in [0.3, 0.4) is 0 Å². The molecule has 238 valence electrons. The molecule has 1 saturated heterocycles. The number of carbonyl (C=O) groups excluding carboxylic acids is 1. The minimum Gasteiger partial charge on any atom is -0.370 e. The Balaban J connectivity index is 1.31. The Bertz CT molecular complexity index is 1310. The van der Waals surface area contributed by atoms with Gasteiger partial charge in [-0.1, -0.05) is 49.7 Å². The lowest BCUT2D eigenvalue weighted by atomic mass is 9.84. The monoisotopic (exact) mass is 637 g/mol. The number of sulfonamides is 1. The maximum absolute atomic E-state index is 14.2. The van der Waals surface area contributed by atoms with Gasteiger partial charge in [0, 0.05) is 32.2 Å². The Labute approximate surface area is 261 Å². The average molecular weight is 638 g/mol. The zero-order valence-corrected chi connectivity index (χ0v) is 27.1. The molecule has 0 aromatic heterocycles. The van der Waals surface area contributed by atoms with E-state index in [1.165, 1.54) is 16.4 Å². The van der Waals surface area contributed by atoms with Gasteiger partial charge in [-0.25, -0.2) is 12.8 Å². The predicted octanol–water partition coefficient (Wildman–Crippen LogP) is 5.22. The molecule has 2 aromatic carbocycles. The summed E-state index contributed by atoms with van der Waals surface area (Å²) in [5.74, 6) is -0.462. The van der Waals surface area contributed by atoms with E-state index in [2.05, 4.69) is 18.7 Å². The van der Waals surface area contributed by atoms with Crippen LogP contribution in [0.2, 0.25) is 5.02 Å². The fourth-order valence-corrected chi connectivity index (χ4v) is 8.30. The number of amides is 1. The molecule has 0 atom stereocenters. The van der Waals surface area contributed by atoms with Crippen molar-refractivity contribution in [3.05, 3.63) is 64.4 Å². The number of nitrogens with zero attached hydrogens (tertiary/aromatic N) is 3. The Morgan fingerprint density at radius 2 is 1.79 bits per heavy atom. The highest BCUT2D eigenvalue weighted by atomic mass is 35.5. The fourth-order valence-electron chi connectivity index (χ4n) is 5.85. The van der Waals surface area contributed by atoms with Crippen LogP contribution in [0.5, 0.6) is 0 Å². The molecule has 2 fully saturated rings. The van der Waals surface area contributed by atoms with Crippen LogP contribution in [0.25, 0.3) is 0 Å². The highest BCUT2D eigenvalue weighted by molar-refractivity contribution is 7.89. The molecule has 8 nitrogen and oxygen atoms in total. The van der Waals surface area contributed by atoms with Crippen molar-refractivity contribution in [2.75, 3.05) is 59.1 Å². The number of carbonyl (C=O) groups is 1. The predicted molar refractivity (Wildman–Crippen MR) is 166 cm³/mol. The van der Waals surface area contributed by atoms with E-state index in [4.69, 9.17) is 21.1 Å². The largest absolute Gasteiger partial charge is 0.370 e. The molecule has 0 unspecified atom stereocenters. The summed E-state index contributed by atoms with van der Waals surface area (Å²) in [6.07, 6.45) is 3.75. The van der Waals surface area contributed by atoms with E-state index >= 15 is 0 Å². The van der Waals surface area contributed by atoms with Crippen molar-refractivity contribution in [2.24, 2.45) is 0 Å². The number of ether oxygens (including phenoxy) is 2. The van der Waals surface area contributed by atoms with Gasteiger partial charge in [0.15, 0.2) is 0 Å². The van der Waals surface area contributed by atoms with Crippen molar-refractivity contribution in [2.45, 2.75) is 69.4 Å². The molecule has 43 heavy (non-hydrogen) atoms. The molecule has 1 amide bonds. The molecule has 0 spiro atoms. The summed E-state index contributed by atoms with van der Waals surface area (Å²) in [6, 6.07) is 11.5. The molecular formula is C32H45ClFN3O5S. The third kappa shape index (κ3) is 8.55. The number of benzene rings is 2. The van der Waals surface area contributed by atoms with Gasteiger partial charge in [-0.2, -0.15) is 4.31 Å². The van der Waals surface area contributed by atoms with Gasteiger partial charge in [-0.05, 0) is 81.4 Å². The molecule has 1 aliphatic heterocycles. The number of halogens is 2. The van der Waals surface area contributed by atoms with Crippen molar-refractivity contribution in [3.63, 3.8) is 0 Å². The van der Waals surface area contributed by atoms with Gasteiger partial charge in [-0.3, -0.25) is 4.79 Å². The number of hydrogen-bond donors (Lipinski definition) is 0. The molecule has 11 heteroatoms. The van der Waals surface area contributed by atoms with Crippen molar-refractivity contribution in [1.82, 2.24) is 14.1 Å². The highest BCUT2D eigenvalue weighted by Gasteiger charge is 2.40.